The number of rotatable bonds is 6. The molecule has 0 unspecified atom stereocenters. The highest BCUT2D eigenvalue weighted by Crippen LogP contribution is 2.21. The summed E-state index contributed by atoms with van der Waals surface area (Å²) in [6.45, 7) is 3.72. The maximum atomic E-state index is 12.0. The predicted octanol–water partition coefficient (Wildman–Crippen LogP) is 2.81. The summed E-state index contributed by atoms with van der Waals surface area (Å²) in [5.74, 6) is -1.25. The quantitative estimate of drug-likeness (QED) is 0.845. The zero-order valence-electron chi connectivity index (χ0n) is 10.3. The average Bonchev–Trinajstić information content (AvgIpc) is 2.74. The van der Waals surface area contributed by atoms with Crippen molar-refractivity contribution in [2.75, 3.05) is 0 Å². The van der Waals surface area contributed by atoms with Gasteiger partial charge in [0.2, 0.25) is 0 Å². The topological polar surface area (TPSA) is 79.5 Å². The maximum Gasteiger partial charge on any atom is 0.305 e. The largest absolute Gasteiger partial charge is 0.481 e. The van der Waals surface area contributed by atoms with Gasteiger partial charge in [-0.15, -0.1) is 0 Å². The van der Waals surface area contributed by atoms with E-state index >= 15 is 0 Å². The Bertz CT molecular complexity index is 437. The van der Waals surface area contributed by atoms with Crippen LogP contribution in [0.15, 0.2) is 21.4 Å². The third-order valence-corrected chi connectivity index (χ3v) is 3.47. The molecule has 0 fully saturated rings. The third-order valence-electron chi connectivity index (χ3n) is 3.05. The highest BCUT2D eigenvalue weighted by atomic mass is 79.9. The molecule has 1 amide bonds. The van der Waals surface area contributed by atoms with Crippen molar-refractivity contribution in [1.82, 2.24) is 5.32 Å². The Morgan fingerprint density at radius 1 is 1.44 bits per heavy atom. The molecule has 6 heteroatoms. The Hall–Kier alpha value is -1.30. The molecule has 1 rings (SSSR count). The lowest BCUT2D eigenvalue weighted by molar-refractivity contribution is -0.138. The fourth-order valence-corrected chi connectivity index (χ4v) is 2.09. The standard InChI is InChI=1S/C12H16BrNO4/c1-3-12(4-2,6-10(15)16)14-11(17)8-5-9(13)18-7-8/h5,7H,3-4,6H2,1-2H3,(H,14,17)(H,15,16). The summed E-state index contributed by atoms with van der Waals surface area (Å²) in [7, 11) is 0. The molecule has 0 aliphatic carbocycles. The number of hydrogen-bond acceptors (Lipinski definition) is 3. The van der Waals surface area contributed by atoms with E-state index in [9.17, 15) is 9.59 Å². The van der Waals surface area contributed by atoms with Crippen molar-refractivity contribution >= 4 is 27.8 Å². The Morgan fingerprint density at radius 3 is 2.44 bits per heavy atom. The molecule has 0 aliphatic rings. The number of carbonyl (C=O) groups is 2. The van der Waals surface area contributed by atoms with Crippen molar-refractivity contribution in [2.24, 2.45) is 0 Å². The van der Waals surface area contributed by atoms with Crippen molar-refractivity contribution in [3.05, 3.63) is 22.6 Å². The number of amides is 1. The zero-order valence-corrected chi connectivity index (χ0v) is 11.9. The Kier molecular flexibility index (Phi) is 4.95. The summed E-state index contributed by atoms with van der Waals surface area (Å²) in [5, 5.41) is 11.7. The van der Waals surface area contributed by atoms with Gasteiger partial charge in [-0.2, -0.15) is 0 Å². The minimum atomic E-state index is -0.924. The second-order valence-electron chi connectivity index (χ2n) is 4.15. The lowest BCUT2D eigenvalue weighted by Gasteiger charge is -2.31. The van der Waals surface area contributed by atoms with E-state index in [-0.39, 0.29) is 12.3 Å². The second kappa shape index (κ2) is 6.04. The van der Waals surface area contributed by atoms with Crippen molar-refractivity contribution in [3.8, 4) is 0 Å². The van der Waals surface area contributed by atoms with Gasteiger partial charge < -0.3 is 14.8 Å². The molecular formula is C12H16BrNO4. The van der Waals surface area contributed by atoms with Gasteiger partial charge in [-0.1, -0.05) is 13.8 Å². The lowest BCUT2D eigenvalue weighted by atomic mass is 9.88. The van der Waals surface area contributed by atoms with Crippen LogP contribution in [0.25, 0.3) is 0 Å². The van der Waals surface area contributed by atoms with Gasteiger partial charge in [-0.3, -0.25) is 9.59 Å². The van der Waals surface area contributed by atoms with E-state index in [2.05, 4.69) is 21.2 Å². The molecule has 0 saturated carbocycles. The van der Waals surface area contributed by atoms with Crippen molar-refractivity contribution < 1.29 is 19.1 Å². The molecule has 2 N–H and O–H groups in total. The van der Waals surface area contributed by atoms with Gasteiger partial charge >= 0.3 is 5.97 Å². The van der Waals surface area contributed by atoms with Crippen LogP contribution in [-0.2, 0) is 4.79 Å². The monoisotopic (exact) mass is 317 g/mol. The first-order valence-corrected chi connectivity index (χ1v) is 6.50. The number of hydrogen-bond donors (Lipinski definition) is 2. The SMILES string of the molecule is CCC(CC)(CC(=O)O)NC(=O)c1coc(Br)c1. The van der Waals surface area contributed by atoms with Crippen molar-refractivity contribution in [2.45, 2.75) is 38.6 Å². The average molecular weight is 318 g/mol. The third kappa shape index (κ3) is 3.60. The number of carbonyl (C=O) groups excluding carboxylic acids is 1. The van der Waals surface area contributed by atoms with Crippen LogP contribution in [0.3, 0.4) is 0 Å². The highest BCUT2D eigenvalue weighted by molar-refractivity contribution is 9.10. The van der Waals surface area contributed by atoms with Crippen LogP contribution in [0, 0.1) is 0 Å². The van der Waals surface area contributed by atoms with Gasteiger partial charge in [0.15, 0.2) is 4.67 Å². The van der Waals surface area contributed by atoms with E-state index < -0.39 is 11.5 Å². The molecule has 18 heavy (non-hydrogen) atoms. The molecule has 100 valence electrons. The van der Waals surface area contributed by atoms with Crippen LogP contribution in [0.5, 0.6) is 0 Å². The summed E-state index contributed by atoms with van der Waals surface area (Å²) in [4.78, 5) is 22.9. The van der Waals surface area contributed by atoms with Crippen molar-refractivity contribution in [3.63, 3.8) is 0 Å². The molecular weight excluding hydrogens is 302 g/mol. The van der Waals surface area contributed by atoms with E-state index in [1.54, 1.807) is 6.07 Å². The minimum absolute atomic E-state index is 0.0925. The van der Waals surface area contributed by atoms with E-state index in [1.807, 2.05) is 13.8 Å². The first kappa shape index (κ1) is 14.8. The minimum Gasteiger partial charge on any atom is -0.481 e. The zero-order chi connectivity index (χ0) is 13.8. The van der Waals surface area contributed by atoms with Gasteiger partial charge in [0.1, 0.15) is 6.26 Å². The van der Waals surface area contributed by atoms with Crippen LogP contribution in [0.4, 0.5) is 0 Å². The molecule has 0 atom stereocenters. The fourth-order valence-electron chi connectivity index (χ4n) is 1.75. The Morgan fingerprint density at radius 2 is 2.06 bits per heavy atom. The van der Waals surface area contributed by atoms with E-state index in [0.717, 1.165) is 0 Å². The molecule has 1 aromatic rings. The second-order valence-corrected chi connectivity index (χ2v) is 4.93. The molecule has 0 aliphatic heterocycles. The molecule has 0 bridgehead atoms. The number of furan rings is 1. The molecule has 0 spiro atoms. The molecule has 1 aromatic heterocycles. The number of halogens is 1. The molecule has 0 saturated heterocycles. The molecule has 0 aromatic carbocycles. The van der Waals surface area contributed by atoms with E-state index in [0.29, 0.717) is 23.1 Å². The van der Waals surface area contributed by atoms with E-state index in [4.69, 9.17) is 9.52 Å². The predicted molar refractivity (Wildman–Crippen MR) is 69.4 cm³/mol. The van der Waals surface area contributed by atoms with E-state index in [1.165, 1.54) is 6.26 Å². The first-order valence-electron chi connectivity index (χ1n) is 5.71. The highest BCUT2D eigenvalue weighted by Gasteiger charge is 2.31. The van der Waals surface area contributed by atoms with Gasteiger partial charge in [0, 0.05) is 6.07 Å². The van der Waals surface area contributed by atoms with Crippen LogP contribution < -0.4 is 5.32 Å². The summed E-state index contributed by atoms with van der Waals surface area (Å²) in [5.41, 5.74) is -0.342. The van der Waals surface area contributed by atoms with Gasteiger partial charge in [-0.05, 0) is 28.8 Å². The number of aliphatic carboxylic acids is 1. The Balaban J connectivity index is 2.83. The van der Waals surface area contributed by atoms with Gasteiger partial charge in [-0.25, -0.2) is 0 Å². The number of carboxylic acid groups (broad SMARTS) is 1. The Labute approximate surface area is 114 Å². The summed E-state index contributed by atoms with van der Waals surface area (Å²) in [6.07, 6.45) is 2.35. The van der Waals surface area contributed by atoms with Crippen LogP contribution in [-0.4, -0.2) is 22.5 Å². The lowest BCUT2D eigenvalue weighted by Crippen LogP contribution is -2.49. The van der Waals surface area contributed by atoms with Crippen LogP contribution >= 0.6 is 15.9 Å². The van der Waals surface area contributed by atoms with Crippen LogP contribution in [0.2, 0.25) is 0 Å². The molecule has 1 heterocycles. The fraction of sp³-hybridized carbons (Fsp3) is 0.500. The number of carboxylic acids is 1. The summed E-state index contributed by atoms with van der Waals surface area (Å²) < 4.78 is 5.45. The molecule has 0 radical (unpaired) electrons. The van der Waals surface area contributed by atoms with Crippen molar-refractivity contribution in [1.29, 1.82) is 0 Å². The smallest absolute Gasteiger partial charge is 0.305 e. The number of nitrogens with one attached hydrogen (secondary N) is 1. The van der Waals surface area contributed by atoms with Gasteiger partial charge in [0.05, 0.1) is 17.5 Å². The summed E-state index contributed by atoms with van der Waals surface area (Å²) in [6, 6.07) is 1.55. The summed E-state index contributed by atoms with van der Waals surface area (Å²) >= 11 is 3.11. The maximum absolute atomic E-state index is 12.0. The normalized spacial score (nSPS) is 11.3. The van der Waals surface area contributed by atoms with Gasteiger partial charge in [0.25, 0.3) is 5.91 Å². The van der Waals surface area contributed by atoms with Crippen LogP contribution in [0.1, 0.15) is 43.5 Å². The molecule has 5 nitrogen and oxygen atoms in total. The first-order chi connectivity index (χ1) is 8.42.